The minimum Gasteiger partial charge on any atom is -0.480 e. The first-order chi connectivity index (χ1) is 10.1. The number of nitrogens with zero attached hydrogens (tertiary/aromatic N) is 2. The van der Waals surface area contributed by atoms with Gasteiger partial charge in [-0.3, -0.25) is 4.79 Å². The Bertz CT molecular complexity index is 826. The van der Waals surface area contributed by atoms with E-state index in [0.29, 0.717) is 34.7 Å². The summed E-state index contributed by atoms with van der Waals surface area (Å²) in [5.41, 5.74) is 1.90. The van der Waals surface area contributed by atoms with Crippen LogP contribution in [-0.4, -0.2) is 27.1 Å². The lowest BCUT2D eigenvalue weighted by molar-refractivity contribution is -0.137. The monoisotopic (exact) mass is 285 g/mol. The van der Waals surface area contributed by atoms with Gasteiger partial charge in [0.25, 0.3) is 0 Å². The molecule has 0 radical (unpaired) electrons. The number of aliphatic carboxylic acids is 1. The third-order valence-corrected chi connectivity index (χ3v) is 3.31. The summed E-state index contributed by atoms with van der Waals surface area (Å²) < 4.78 is 5.78. The molecule has 2 aromatic heterocycles. The number of benzene rings is 1. The number of nitrogens with one attached hydrogen (secondary N) is 1. The van der Waals surface area contributed by atoms with Crippen LogP contribution in [0.4, 0.5) is 5.82 Å². The molecule has 0 saturated carbocycles. The van der Waals surface area contributed by atoms with Gasteiger partial charge >= 0.3 is 5.97 Å². The second-order valence-corrected chi connectivity index (χ2v) is 4.82. The summed E-state index contributed by atoms with van der Waals surface area (Å²) in [6.45, 7) is 3.51. The van der Waals surface area contributed by atoms with Crippen LogP contribution in [0.15, 0.2) is 28.7 Å². The third-order valence-electron chi connectivity index (χ3n) is 3.31. The van der Waals surface area contributed by atoms with E-state index in [1.807, 2.05) is 31.2 Å². The molecule has 0 amide bonds. The van der Waals surface area contributed by atoms with E-state index in [-0.39, 0.29) is 0 Å². The minimum absolute atomic E-state index is 0.419. The Morgan fingerprint density at radius 1 is 1.38 bits per heavy atom. The molecule has 0 saturated heterocycles. The van der Waals surface area contributed by atoms with Gasteiger partial charge in [0.2, 0.25) is 0 Å². The zero-order valence-electron chi connectivity index (χ0n) is 11.8. The molecule has 3 aromatic rings. The molecule has 0 aliphatic heterocycles. The summed E-state index contributed by atoms with van der Waals surface area (Å²) in [6.07, 6.45) is 0.658. The average Bonchev–Trinajstić information content (AvgIpc) is 2.86. The molecule has 2 heterocycles. The number of aromatic nitrogens is 2. The van der Waals surface area contributed by atoms with E-state index in [4.69, 9.17) is 9.52 Å². The van der Waals surface area contributed by atoms with Crippen LogP contribution in [-0.2, 0) is 11.2 Å². The van der Waals surface area contributed by atoms with Gasteiger partial charge < -0.3 is 14.8 Å². The molecule has 108 valence electrons. The number of anilines is 1. The van der Waals surface area contributed by atoms with Gasteiger partial charge in [-0.1, -0.05) is 19.1 Å². The van der Waals surface area contributed by atoms with E-state index in [0.717, 1.165) is 5.39 Å². The zero-order chi connectivity index (χ0) is 15.0. The number of aryl methyl sites for hydroxylation is 1. The lowest BCUT2D eigenvalue weighted by Gasteiger charge is -2.10. The molecule has 0 aliphatic rings. The van der Waals surface area contributed by atoms with Crippen LogP contribution in [0, 0.1) is 0 Å². The molecule has 6 heteroatoms. The average molecular weight is 285 g/mol. The number of carbonyl (C=O) groups is 1. The zero-order valence-corrected chi connectivity index (χ0v) is 11.8. The lowest BCUT2D eigenvalue weighted by atomic mass is 10.2. The predicted octanol–water partition coefficient (Wildman–Crippen LogP) is 2.82. The maximum Gasteiger partial charge on any atom is 0.325 e. The summed E-state index contributed by atoms with van der Waals surface area (Å²) in [5.74, 6) is 0.119. The predicted molar refractivity (Wildman–Crippen MR) is 79.4 cm³/mol. The van der Waals surface area contributed by atoms with Gasteiger partial charge in [-0.05, 0) is 19.1 Å². The van der Waals surface area contributed by atoms with Crippen molar-refractivity contribution in [3.63, 3.8) is 0 Å². The van der Waals surface area contributed by atoms with Crippen LogP contribution in [0.3, 0.4) is 0 Å². The number of carboxylic acids is 1. The highest BCUT2D eigenvalue weighted by molar-refractivity contribution is 6.05. The Morgan fingerprint density at radius 3 is 2.86 bits per heavy atom. The Morgan fingerprint density at radius 2 is 2.14 bits per heavy atom. The van der Waals surface area contributed by atoms with E-state index < -0.39 is 12.0 Å². The van der Waals surface area contributed by atoms with Gasteiger partial charge in [-0.15, -0.1) is 0 Å². The van der Waals surface area contributed by atoms with Crippen molar-refractivity contribution < 1.29 is 14.3 Å². The van der Waals surface area contributed by atoms with Gasteiger partial charge in [0, 0.05) is 11.8 Å². The fraction of sp³-hybridized carbons (Fsp3) is 0.267. The van der Waals surface area contributed by atoms with Crippen molar-refractivity contribution in [1.29, 1.82) is 0 Å². The number of fused-ring (bicyclic) bond motifs is 3. The highest BCUT2D eigenvalue weighted by atomic mass is 16.4. The van der Waals surface area contributed by atoms with Crippen LogP contribution in [0.2, 0.25) is 0 Å². The highest BCUT2D eigenvalue weighted by Crippen LogP contribution is 2.31. The van der Waals surface area contributed by atoms with E-state index in [9.17, 15) is 4.79 Å². The number of furan rings is 1. The molecule has 0 spiro atoms. The summed E-state index contributed by atoms with van der Waals surface area (Å²) in [5, 5.41) is 12.8. The Hall–Kier alpha value is -2.63. The first kappa shape index (κ1) is 13.4. The van der Waals surface area contributed by atoms with Crippen LogP contribution >= 0.6 is 0 Å². The molecule has 6 nitrogen and oxygen atoms in total. The molecule has 3 rings (SSSR count). The summed E-state index contributed by atoms with van der Waals surface area (Å²) in [6, 6.07) is 6.82. The Kier molecular flexibility index (Phi) is 3.21. The van der Waals surface area contributed by atoms with Crippen molar-refractivity contribution in [3.05, 3.63) is 30.1 Å². The summed E-state index contributed by atoms with van der Waals surface area (Å²) in [7, 11) is 0. The second kappa shape index (κ2) is 5.05. The van der Waals surface area contributed by atoms with Crippen LogP contribution in [0.1, 0.15) is 19.7 Å². The summed E-state index contributed by atoms with van der Waals surface area (Å²) in [4.78, 5) is 19.9. The SMILES string of the molecule is CCc1nc(NC(C)C(=O)O)c2oc3ccccc3c2n1. The molecule has 0 bridgehead atoms. The van der Waals surface area contributed by atoms with E-state index in [2.05, 4.69) is 15.3 Å². The van der Waals surface area contributed by atoms with Crippen LogP contribution < -0.4 is 5.32 Å². The smallest absolute Gasteiger partial charge is 0.325 e. The van der Waals surface area contributed by atoms with Crippen LogP contribution in [0.5, 0.6) is 0 Å². The second-order valence-electron chi connectivity index (χ2n) is 4.82. The van der Waals surface area contributed by atoms with Crippen molar-refractivity contribution >= 4 is 33.9 Å². The lowest BCUT2D eigenvalue weighted by Crippen LogP contribution is -2.26. The fourth-order valence-corrected chi connectivity index (χ4v) is 2.16. The standard InChI is InChI=1S/C15H15N3O3/c1-3-11-17-12-9-6-4-5-7-10(9)21-13(12)14(18-11)16-8(2)15(19)20/h4-8H,3H2,1-2H3,(H,19,20)(H,16,17,18). The van der Waals surface area contributed by atoms with Crippen LogP contribution in [0.25, 0.3) is 22.1 Å². The molecule has 2 N–H and O–H groups in total. The largest absolute Gasteiger partial charge is 0.480 e. The van der Waals surface area contributed by atoms with Crippen molar-refractivity contribution in [2.24, 2.45) is 0 Å². The fourth-order valence-electron chi connectivity index (χ4n) is 2.16. The number of carboxylic acid groups (broad SMARTS) is 1. The Labute approximate surface area is 120 Å². The number of hydrogen-bond acceptors (Lipinski definition) is 5. The van der Waals surface area contributed by atoms with Gasteiger partial charge in [0.1, 0.15) is 23.0 Å². The minimum atomic E-state index is -0.948. The quantitative estimate of drug-likeness (QED) is 0.766. The van der Waals surface area contributed by atoms with Gasteiger partial charge in [-0.25, -0.2) is 9.97 Å². The maximum absolute atomic E-state index is 11.0. The molecule has 1 aromatic carbocycles. The van der Waals surface area contributed by atoms with Crippen molar-refractivity contribution in [3.8, 4) is 0 Å². The van der Waals surface area contributed by atoms with Gasteiger partial charge in [0.05, 0.1) is 0 Å². The topological polar surface area (TPSA) is 88.2 Å². The number of hydrogen-bond donors (Lipinski definition) is 2. The molecule has 1 atom stereocenters. The highest BCUT2D eigenvalue weighted by Gasteiger charge is 2.18. The number of rotatable bonds is 4. The first-order valence-corrected chi connectivity index (χ1v) is 6.77. The Balaban J connectivity index is 2.24. The number of para-hydroxylation sites is 1. The van der Waals surface area contributed by atoms with Crippen molar-refractivity contribution in [2.45, 2.75) is 26.3 Å². The molecular weight excluding hydrogens is 270 g/mol. The van der Waals surface area contributed by atoms with Gasteiger partial charge in [-0.2, -0.15) is 0 Å². The molecule has 0 aliphatic carbocycles. The normalized spacial score (nSPS) is 12.7. The molecule has 0 fully saturated rings. The molecule has 1 unspecified atom stereocenters. The van der Waals surface area contributed by atoms with Crippen molar-refractivity contribution in [2.75, 3.05) is 5.32 Å². The first-order valence-electron chi connectivity index (χ1n) is 6.77. The summed E-state index contributed by atoms with van der Waals surface area (Å²) >= 11 is 0. The maximum atomic E-state index is 11.0. The molecular formula is C15H15N3O3. The van der Waals surface area contributed by atoms with E-state index in [1.165, 1.54) is 0 Å². The molecule has 21 heavy (non-hydrogen) atoms. The van der Waals surface area contributed by atoms with E-state index >= 15 is 0 Å². The van der Waals surface area contributed by atoms with Gasteiger partial charge in [0.15, 0.2) is 11.4 Å². The van der Waals surface area contributed by atoms with E-state index in [1.54, 1.807) is 6.92 Å². The van der Waals surface area contributed by atoms with Crippen molar-refractivity contribution in [1.82, 2.24) is 9.97 Å². The third kappa shape index (κ3) is 2.29.